The molecule has 154 valence electrons. The van der Waals surface area contributed by atoms with Crippen molar-refractivity contribution >= 4 is 23.0 Å². The second-order valence-corrected chi connectivity index (χ2v) is 6.49. The summed E-state index contributed by atoms with van der Waals surface area (Å²) in [4.78, 5) is 12.1. The first-order valence-corrected chi connectivity index (χ1v) is 9.95. The molecule has 0 fully saturated rings. The normalized spacial score (nSPS) is 10.7. The third-order valence-electron chi connectivity index (χ3n) is 4.14. The molecule has 0 radical (unpaired) electrons. The van der Waals surface area contributed by atoms with Gasteiger partial charge in [0.15, 0.2) is 0 Å². The average Bonchev–Trinajstić information content (AvgIpc) is 2.78. The molecule has 0 saturated heterocycles. The molecule has 0 aliphatic carbocycles. The maximum absolute atomic E-state index is 12.1. The van der Waals surface area contributed by atoms with Crippen LogP contribution in [0.15, 0.2) is 89.1 Å². The highest BCUT2D eigenvalue weighted by Gasteiger charge is 2.03. The van der Waals surface area contributed by atoms with Gasteiger partial charge in [0.1, 0.15) is 11.5 Å². The van der Waals surface area contributed by atoms with E-state index in [0.717, 1.165) is 28.6 Å². The zero-order chi connectivity index (χ0) is 21.0. The molecule has 0 aliphatic heterocycles. The summed E-state index contributed by atoms with van der Waals surface area (Å²) in [6, 6.07) is 24.3. The first kappa shape index (κ1) is 21.0. The molecule has 0 aliphatic rings. The van der Waals surface area contributed by atoms with Crippen molar-refractivity contribution in [1.82, 2.24) is 0 Å². The minimum atomic E-state index is -0.0519. The summed E-state index contributed by atoms with van der Waals surface area (Å²) < 4.78 is 11.1. The molecule has 1 N–H and O–H groups in total. The summed E-state index contributed by atoms with van der Waals surface area (Å²) in [5.74, 6) is 1.53. The van der Waals surface area contributed by atoms with E-state index in [-0.39, 0.29) is 5.91 Å². The number of rotatable bonds is 10. The highest BCUT2D eigenvalue weighted by molar-refractivity contribution is 5.90. The topological polar surface area (TPSA) is 72.3 Å². The van der Waals surface area contributed by atoms with Crippen LogP contribution in [0.25, 0.3) is 0 Å². The molecule has 6 nitrogen and oxygen atoms in total. The number of ether oxygens (including phenoxy) is 2. The van der Waals surface area contributed by atoms with Crippen molar-refractivity contribution in [3.63, 3.8) is 0 Å². The van der Waals surface area contributed by atoms with E-state index >= 15 is 0 Å². The highest BCUT2D eigenvalue weighted by atomic mass is 16.5. The second kappa shape index (κ2) is 11.4. The lowest BCUT2D eigenvalue weighted by Crippen LogP contribution is -2.12. The summed E-state index contributed by atoms with van der Waals surface area (Å²) in [6.45, 7) is 3.05. The number of carbonyl (C=O) groups is 1. The fourth-order valence-electron chi connectivity index (χ4n) is 2.67. The zero-order valence-corrected chi connectivity index (χ0v) is 17.0. The van der Waals surface area contributed by atoms with Crippen molar-refractivity contribution in [2.24, 2.45) is 10.2 Å². The van der Waals surface area contributed by atoms with Gasteiger partial charge in [0, 0.05) is 12.1 Å². The van der Waals surface area contributed by atoms with Gasteiger partial charge in [-0.1, -0.05) is 18.2 Å². The van der Waals surface area contributed by atoms with Crippen molar-refractivity contribution in [1.29, 1.82) is 0 Å². The van der Waals surface area contributed by atoms with Crippen LogP contribution in [0, 0.1) is 0 Å². The van der Waals surface area contributed by atoms with E-state index in [1.165, 1.54) is 0 Å². The Balaban J connectivity index is 1.37. The van der Waals surface area contributed by atoms with Gasteiger partial charge in [-0.2, -0.15) is 10.2 Å². The van der Waals surface area contributed by atoms with Crippen molar-refractivity contribution in [2.45, 2.75) is 19.8 Å². The summed E-state index contributed by atoms with van der Waals surface area (Å²) in [5, 5.41) is 11.2. The van der Waals surface area contributed by atoms with Gasteiger partial charge < -0.3 is 14.8 Å². The predicted octanol–water partition coefficient (Wildman–Crippen LogP) is 6.30. The number of nitrogens with one attached hydrogen (secondary N) is 1. The Bertz CT molecular complexity index is 940. The lowest BCUT2D eigenvalue weighted by Gasteiger charge is -2.08. The smallest absolute Gasteiger partial charge is 0.224 e. The van der Waals surface area contributed by atoms with Gasteiger partial charge >= 0.3 is 0 Å². The van der Waals surface area contributed by atoms with E-state index < -0.39 is 0 Å². The predicted molar refractivity (Wildman–Crippen MR) is 118 cm³/mol. The third-order valence-corrected chi connectivity index (χ3v) is 4.14. The fraction of sp³-hybridized carbons (Fsp3) is 0.208. The number of nitrogens with zero attached hydrogens (tertiary/aromatic N) is 2. The van der Waals surface area contributed by atoms with Crippen LogP contribution in [-0.2, 0) is 4.79 Å². The van der Waals surface area contributed by atoms with E-state index in [1.807, 2.05) is 85.8 Å². The molecule has 3 rings (SSSR count). The number of benzene rings is 3. The Morgan fingerprint density at radius 3 is 2.03 bits per heavy atom. The lowest BCUT2D eigenvalue weighted by atomic mass is 10.2. The summed E-state index contributed by atoms with van der Waals surface area (Å²) in [7, 11) is 0. The standard InChI is InChI=1S/C24H25N3O3/c1-2-29-22-14-16-23(17-15-22)30-18-6-9-24(28)25-19-10-12-21(13-11-19)27-26-20-7-4-3-5-8-20/h3-5,7-8,10-17H,2,6,9,18H2,1H3,(H,25,28). The van der Waals surface area contributed by atoms with Crippen LogP contribution in [0.3, 0.4) is 0 Å². The monoisotopic (exact) mass is 403 g/mol. The van der Waals surface area contributed by atoms with Crippen molar-refractivity contribution in [3.8, 4) is 11.5 Å². The molecule has 0 aromatic heterocycles. The van der Waals surface area contributed by atoms with Gasteiger partial charge in [-0.15, -0.1) is 0 Å². The molecule has 1 amide bonds. The number of carbonyl (C=O) groups excluding carboxylic acids is 1. The van der Waals surface area contributed by atoms with Gasteiger partial charge in [-0.25, -0.2) is 0 Å². The SMILES string of the molecule is CCOc1ccc(OCCCC(=O)Nc2ccc(N=Nc3ccccc3)cc2)cc1. The lowest BCUT2D eigenvalue weighted by molar-refractivity contribution is -0.116. The molecule has 3 aromatic carbocycles. The molecule has 0 saturated carbocycles. The minimum absolute atomic E-state index is 0.0519. The van der Waals surface area contributed by atoms with Gasteiger partial charge in [-0.3, -0.25) is 4.79 Å². The van der Waals surface area contributed by atoms with Crippen LogP contribution in [0.4, 0.5) is 17.1 Å². The molecular formula is C24H25N3O3. The number of hydrogen-bond acceptors (Lipinski definition) is 5. The fourth-order valence-corrected chi connectivity index (χ4v) is 2.67. The first-order valence-electron chi connectivity index (χ1n) is 9.95. The first-order chi connectivity index (χ1) is 14.7. The molecule has 0 spiro atoms. The molecule has 0 atom stereocenters. The molecular weight excluding hydrogens is 378 g/mol. The van der Waals surface area contributed by atoms with E-state index in [4.69, 9.17) is 9.47 Å². The Morgan fingerprint density at radius 2 is 1.40 bits per heavy atom. The van der Waals surface area contributed by atoms with Gasteiger partial charge in [0.25, 0.3) is 0 Å². The van der Waals surface area contributed by atoms with E-state index in [1.54, 1.807) is 0 Å². The number of azo groups is 1. The molecule has 3 aromatic rings. The zero-order valence-electron chi connectivity index (χ0n) is 17.0. The van der Waals surface area contributed by atoms with Crippen LogP contribution in [-0.4, -0.2) is 19.1 Å². The van der Waals surface area contributed by atoms with E-state index in [0.29, 0.717) is 26.1 Å². The van der Waals surface area contributed by atoms with Crippen molar-refractivity contribution in [2.75, 3.05) is 18.5 Å². The minimum Gasteiger partial charge on any atom is -0.494 e. The second-order valence-electron chi connectivity index (χ2n) is 6.49. The molecule has 0 unspecified atom stereocenters. The number of amides is 1. The van der Waals surface area contributed by atoms with Crippen LogP contribution in [0.1, 0.15) is 19.8 Å². The maximum Gasteiger partial charge on any atom is 0.224 e. The van der Waals surface area contributed by atoms with Gasteiger partial charge in [-0.05, 0) is 74.0 Å². The maximum atomic E-state index is 12.1. The van der Waals surface area contributed by atoms with Crippen LogP contribution in [0.5, 0.6) is 11.5 Å². The molecule has 6 heteroatoms. The Labute approximate surface area is 176 Å². The van der Waals surface area contributed by atoms with Crippen LogP contribution >= 0.6 is 0 Å². The quantitative estimate of drug-likeness (QED) is 0.319. The largest absolute Gasteiger partial charge is 0.494 e. The van der Waals surface area contributed by atoms with E-state index in [9.17, 15) is 4.79 Å². The Hall–Kier alpha value is -3.67. The van der Waals surface area contributed by atoms with E-state index in [2.05, 4.69) is 15.5 Å². The Kier molecular flexibility index (Phi) is 7.97. The molecule has 0 bridgehead atoms. The highest BCUT2D eigenvalue weighted by Crippen LogP contribution is 2.20. The van der Waals surface area contributed by atoms with Crippen LogP contribution < -0.4 is 14.8 Å². The summed E-state index contributed by atoms with van der Waals surface area (Å²) in [6.07, 6.45) is 1.01. The Morgan fingerprint density at radius 1 is 0.800 bits per heavy atom. The van der Waals surface area contributed by atoms with Gasteiger partial charge in [0.2, 0.25) is 5.91 Å². The van der Waals surface area contributed by atoms with Crippen molar-refractivity contribution in [3.05, 3.63) is 78.9 Å². The summed E-state index contributed by atoms with van der Waals surface area (Å²) >= 11 is 0. The van der Waals surface area contributed by atoms with Crippen LogP contribution in [0.2, 0.25) is 0 Å². The average molecular weight is 403 g/mol. The molecule has 30 heavy (non-hydrogen) atoms. The van der Waals surface area contributed by atoms with Gasteiger partial charge in [0.05, 0.1) is 24.6 Å². The third kappa shape index (κ3) is 7.05. The summed E-state index contributed by atoms with van der Waals surface area (Å²) in [5.41, 5.74) is 2.24. The van der Waals surface area contributed by atoms with Crippen molar-refractivity contribution < 1.29 is 14.3 Å². The molecule has 0 heterocycles. The number of hydrogen-bond donors (Lipinski definition) is 1. The number of anilines is 1.